The molecule has 1 heterocycles. The lowest BCUT2D eigenvalue weighted by Gasteiger charge is -2.16. The van der Waals surface area contributed by atoms with Crippen molar-refractivity contribution in [3.8, 4) is 11.5 Å². The van der Waals surface area contributed by atoms with Gasteiger partial charge in [0.05, 0.1) is 12.3 Å². The summed E-state index contributed by atoms with van der Waals surface area (Å²) in [7, 11) is 1.53. The number of benzene rings is 2. The molecular weight excluding hydrogens is 395 g/mol. The van der Waals surface area contributed by atoms with E-state index in [1.165, 1.54) is 36.2 Å². The maximum Gasteiger partial charge on any atom is 0.277 e. The number of halogens is 1. The first-order chi connectivity index (χ1) is 13.9. The number of aryl methyl sites for hydroxylation is 1. The van der Waals surface area contributed by atoms with E-state index in [-0.39, 0.29) is 35.2 Å². The summed E-state index contributed by atoms with van der Waals surface area (Å²) in [4.78, 5) is 25.6. The van der Waals surface area contributed by atoms with Crippen LogP contribution in [-0.2, 0) is 9.59 Å². The van der Waals surface area contributed by atoms with Crippen molar-refractivity contribution in [2.75, 3.05) is 24.7 Å². The zero-order chi connectivity index (χ0) is 20.8. The summed E-state index contributed by atoms with van der Waals surface area (Å²) < 4.78 is 18.5. The Bertz CT molecular complexity index is 1010. The van der Waals surface area contributed by atoms with Gasteiger partial charge in [0.2, 0.25) is 17.7 Å². The summed E-state index contributed by atoms with van der Waals surface area (Å²) in [6.07, 6.45) is 0. The molecule has 0 unspecified atom stereocenters. The number of hydrogen-bond acceptors (Lipinski definition) is 6. The Hall–Kier alpha value is -3.20. The van der Waals surface area contributed by atoms with Crippen LogP contribution in [-0.4, -0.2) is 46.3 Å². The Balaban J connectivity index is 1.48. The second-order valence-corrected chi connectivity index (χ2v) is 7.26. The van der Waals surface area contributed by atoms with E-state index in [4.69, 9.17) is 4.42 Å². The number of nitrogens with one attached hydrogen (secondary N) is 1. The van der Waals surface area contributed by atoms with E-state index >= 15 is 0 Å². The normalized spacial score (nSPS) is 10.6. The minimum absolute atomic E-state index is 0.0514. The van der Waals surface area contributed by atoms with Crippen molar-refractivity contribution in [2.45, 2.75) is 12.1 Å². The molecule has 0 saturated heterocycles. The van der Waals surface area contributed by atoms with E-state index in [0.717, 1.165) is 22.9 Å². The Morgan fingerprint density at radius 1 is 1.17 bits per heavy atom. The van der Waals surface area contributed by atoms with Gasteiger partial charge in [0.1, 0.15) is 5.82 Å². The Morgan fingerprint density at radius 2 is 1.93 bits per heavy atom. The standard InChI is InChI=1S/C20H19FN4O3S/c1-13-4-3-5-14(10-13)19-23-24-20(28-19)29-12-18(27)25(2)11-17(26)22-16-8-6-15(21)7-9-16/h3-10H,11-12H2,1-2H3,(H,22,26). The zero-order valence-corrected chi connectivity index (χ0v) is 16.7. The van der Waals surface area contributed by atoms with Gasteiger partial charge in [-0.25, -0.2) is 4.39 Å². The van der Waals surface area contributed by atoms with Crippen molar-refractivity contribution in [3.63, 3.8) is 0 Å². The van der Waals surface area contributed by atoms with Gasteiger partial charge in [-0.05, 0) is 43.3 Å². The minimum atomic E-state index is -0.390. The molecule has 0 aliphatic carbocycles. The van der Waals surface area contributed by atoms with Gasteiger partial charge in [0.25, 0.3) is 5.22 Å². The molecule has 150 valence electrons. The van der Waals surface area contributed by atoms with Crippen molar-refractivity contribution in [2.24, 2.45) is 0 Å². The molecule has 0 radical (unpaired) electrons. The summed E-state index contributed by atoms with van der Waals surface area (Å²) in [6, 6.07) is 13.1. The van der Waals surface area contributed by atoms with Crippen molar-refractivity contribution < 1.29 is 18.4 Å². The number of anilines is 1. The van der Waals surface area contributed by atoms with E-state index in [1.807, 2.05) is 31.2 Å². The van der Waals surface area contributed by atoms with E-state index in [0.29, 0.717) is 11.6 Å². The molecule has 0 aliphatic heterocycles. The fraction of sp³-hybridized carbons (Fsp3) is 0.200. The molecule has 0 aliphatic rings. The first-order valence-corrected chi connectivity index (χ1v) is 9.72. The highest BCUT2D eigenvalue weighted by Gasteiger charge is 2.16. The van der Waals surface area contributed by atoms with Crippen molar-refractivity contribution in [3.05, 3.63) is 59.9 Å². The third kappa shape index (κ3) is 5.89. The molecule has 2 amide bonds. The average Bonchev–Trinajstić information content (AvgIpc) is 3.17. The van der Waals surface area contributed by atoms with E-state index in [2.05, 4.69) is 15.5 Å². The number of carbonyl (C=O) groups excluding carboxylic acids is 2. The number of amides is 2. The average molecular weight is 414 g/mol. The fourth-order valence-electron chi connectivity index (χ4n) is 2.43. The smallest absolute Gasteiger partial charge is 0.277 e. The molecule has 1 N–H and O–H groups in total. The molecule has 0 fully saturated rings. The predicted molar refractivity (Wildman–Crippen MR) is 108 cm³/mol. The fourth-order valence-corrected chi connectivity index (χ4v) is 3.14. The van der Waals surface area contributed by atoms with Crippen LogP contribution in [0, 0.1) is 12.7 Å². The molecule has 7 nitrogen and oxygen atoms in total. The third-order valence-corrected chi connectivity index (χ3v) is 4.73. The lowest BCUT2D eigenvalue weighted by atomic mass is 10.1. The van der Waals surface area contributed by atoms with Crippen LogP contribution >= 0.6 is 11.8 Å². The molecular formula is C20H19FN4O3S. The summed E-state index contributed by atoms with van der Waals surface area (Å²) >= 11 is 1.10. The highest BCUT2D eigenvalue weighted by molar-refractivity contribution is 7.99. The first kappa shape index (κ1) is 20.5. The molecule has 0 spiro atoms. The highest BCUT2D eigenvalue weighted by Crippen LogP contribution is 2.23. The molecule has 0 saturated carbocycles. The maximum atomic E-state index is 12.9. The largest absolute Gasteiger partial charge is 0.411 e. The van der Waals surface area contributed by atoms with Gasteiger partial charge in [0.15, 0.2) is 0 Å². The summed E-state index contributed by atoms with van der Waals surface area (Å²) in [6.45, 7) is 1.84. The van der Waals surface area contributed by atoms with Gasteiger partial charge in [-0.1, -0.05) is 29.5 Å². The van der Waals surface area contributed by atoms with Crippen LogP contribution in [0.25, 0.3) is 11.5 Å². The second-order valence-electron chi connectivity index (χ2n) is 6.34. The van der Waals surface area contributed by atoms with E-state index < -0.39 is 0 Å². The number of rotatable bonds is 7. The van der Waals surface area contributed by atoms with Gasteiger partial charge in [0, 0.05) is 18.3 Å². The van der Waals surface area contributed by atoms with Crippen molar-refractivity contribution in [1.29, 1.82) is 0 Å². The highest BCUT2D eigenvalue weighted by atomic mass is 32.2. The molecule has 0 bridgehead atoms. The number of thioether (sulfide) groups is 1. The topological polar surface area (TPSA) is 88.3 Å². The molecule has 29 heavy (non-hydrogen) atoms. The van der Waals surface area contributed by atoms with Gasteiger partial charge >= 0.3 is 0 Å². The SMILES string of the molecule is Cc1cccc(-c2nnc(SCC(=O)N(C)CC(=O)Nc3ccc(F)cc3)o2)c1. The van der Waals surface area contributed by atoms with Crippen LogP contribution < -0.4 is 5.32 Å². The molecule has 9 heteroatoms. The molecule has 1 aromatic heterocycles. The Labute approximate surface area is 171 Å². The van der Waals surface area contributed by atoms with E-state index in [1.54, 1.807) is 0 Å². The lowest BCUT2D eigenvalue weighted by molar-refractivity contribution is -0.131. The number of likely N-dealkylation sites (N-methyl/N-ethyl adjacent to an activating group) is 1. The van der Waals surface area contributed by atoms with E-state index in [9.17, 15) is 14.0 Å². The monoisotopic (exact) mass is 414 g/mol. The maximum absolute atomic E-state index is 12.9. The number of aromatic nitrogens is 2. The van der Waals surface area contributed by atoms with Crippen LogP contribution in [0.2, 0.25) is 0 Å². The quantitative estimate of drug-likeness (QED) is 0.597. The molecule has 0 atom stereocenters. The number of nitrogens with zero attached hydrogens (tertiary/aromatic N) is 3. The Kier molecular flexibility index (Phi) is 6.61. The van der Waals surface area contributed by atoms with Gasteiger partial charge in [-0.15, -0.1) is 10.2 Å². The van der Waals surface area contributed by atoms with Crippen molar-refractivity contribution in [1.82, 2.24) is 15.1 Å². The van der Waals surface area contributed by atoms with Crippen LogP contribution in [0.4, 0.5) is 10.1 Å². The third-order valence-electron chi connectivity index (χ3n) is 3.93. The van der Waals surface area contributed by atoms with Gasteiger partial charge in [-0.3, -0.25) is 9.59 Å². The first-order valence-electron chi connectivity index (χ1n) is 8.73. The number of hydrogen-bond donors (Lipinski definition) is 1. The summed E-state index contributed by atoms with van der Waals surface area (Å²) in [5.41, 5.74) is 2.34. The molecule has 2 aromatic carbocycles. The summed E-state index contributed by atoms with van der Waals surface area (Å²) in [5, 5.41) is 10.8. The lowest BCUT2D eigenvalue weighted by Crippen LogP contribution is -2.35. The second kappa shape index (κ2) is 9.33. The van der Waals surface area contributed by atoms with Crippen LogP contribution in [0.5, 0.6) is 0 Å². The van der Waals surface area contributed by atoms with Crippen LogP contribution in [0.3, 0.4) is 0 Å². The Morgan fingerprint density at radius 3 is 2.66 bits per heavy atom. The zero-order valence-electron chi connectivity index (χ0n) is 15.9. The number of carbonyl (C=O) groups is 2. The molecule has 3 aromatic rings. The summed E-state index contributed by atoms with van der Waals surface area (Å²) in [5.74, 6) is -0.596. The van der Waals surface area contributed by atoms with Gasteiger partial charge in [-0.2, -0.15) is 0 Å². The molecule has 3 rings (SSSR count). The van der Waals surface area contributed by atoms with Gasteiger partial charge < -0.3 is 14.6 Å². The minimum Gasteiger partial charge on any atom is -0.411 e. The van der Waals surface area contributed by atoms with Crippen molar-refractivity contribution >= 4 is 29.3 Å². The van der Waals surface area contributed by atoms with Crippen LogP contribution in [0.15, 0.2) is 58.2 Å². The predicted octanol–water partition coefficient (Wildman–Crippen LogP) is 3.37. The van der Waals surface area contributed by atoms with Crippen LogP contribution in [0.1, 0.15) is 5.56 Å².